The fourth-order valence-corrected chi connectivity index (χ4v) is 1.39. The number of halogens is 2. The van der Waals surface area contributed by atoms with Crippen LogP contribution in [0.4, 0.5) is 10.2 Å². The summed E-state index contributed by atoms with van der Waals surface area (Å²) >= 11 is 5.58. The molecule has 2 aromatic rings. The molecular formula is C11H10ClFN4. The highest BCUT2D eigenvalue weighted by Gasteiger charge is 2.05. The molecule has 0 aliphatic carbocycles. The quantitative estimate of drug-likeness (QED) is 0.853. The second kappa shape index (κ2) is 5.05. The van der Waals surface area contributed by atoms with Crippen molar-refractivity contribution >= 4 is 17.4 Å². The summed E-state index contributed by atoms with van der Waals surface area (Å²) in [5.74, 6) is -0.444. The van der Waals surface area contributed by atoms with Crippen molar-refractivity contribution in [1.82, 2.24) is 15.0 Å². The zero-order valence-electron chi connectivity index (χ0n) is 9.11. The van der Waals surface area contributed by atoms with E-state index < -0.39 is 5.82 Å². The van der Waals surface area contributed by atoms with Gasteiger partial charge >= 0.3 is 0 Å². The zero-order chi connectivity index (χ0) is 12.3. The summed E-state index contributed by atoms with van der Waals surface area (Å²) in [6.07, 6.45) is 2.76. The van der Waals surface area contributed by atoms with Gasteiger partial charge in [0.2, 0.25) is 5.28 Å². The Bertz CT molecular complexity index is 515. The van der Waals surface area contributed by atoms with Gasteiger partial charge in [-0.05, 0) is 30.2 Å². The van der Waals surface area contributed by atoms with E-state index >= 15 is 0 Å². The molecule has 2 rings (SSSR count). The van der Waals surface area contributed by atoms with E-state index in [1.165, 1.54) is 0 Å². The van der Waals surface area contributed by atoms with Crippen LogP contribution in [-0.4, -0.2) is 15.0 Å². The molecule has 0 amide bonds. The van der Waals surface area contributed by atoms with Gasteiger partial charge in [0, 0.05) is 18.4 Å². The van der Waals surface area contributed by atoms with E-state index in [-0.39, 0.29) is 11.1 Å². The molecule has 2 heterocycles. The smallest absolute Gasteiger partial charge is 0.224 e. The van der Waals surface area contributed by atoms with Gasteiger partial charge < -0.3 is 5.32 Å². The van der Waals surface area contributed by atoms with Crippen molar-refractivity contribution in [2.45, 2.75) is 13.5 Å². The molecule has 1 N–H and O–H groups in total. The van der Waals surface area contributed by atoms with Crippen molar-refractivity contribution < 1.29 is 4.39 Å². The van der Waals surface area contributed by atoms with E-state index in [0.29, 0.717) is 6.54 Å². The second-order valence-corrected chi connectivity index (χ2v) is 3.84. The highest BCUT2D eigenvalue weighted by atomic mass is 35.5. The van der Waals surface area contributed by atoms with Crippen LogP contribution >= 0.6 is 11.6 Å². The van der Waals surface area contributed by atoms with Crippen LogP contribution in [0.15, 0.2) is 24.5 Å². The summed E-state index contributed by atoms with van der Waals surface area (Å²) in [6.45, 7) is 2.33. The van der Waals surface area contributed by atoms with E-state index in [2.05, 4.69) is 20.3 Å². The first-order valence-corrected chi connectivity index (χ1v) is 5.36. The molecule has 0 aliphatic heterocycles. The second-order valence-electron chi connectivity index (χ2n) is 3.50. The summed E-state index contributed by atoms with van der Waals surface area (Å²) in [7, 11) is 0. The highest BCUT2D eigenvalue weighted by Crippen LogP contribution is 2.13. The molecule has 6 heteroatoms. The number of nitrogens with one attached hydrogen (secondary N) is 1. The Morgan fingerprint density at radius 2 is 2.12 bits per heavy atom. The maximum absolute atomic E-state index is 13.3. The third kappa shape index (κ3) is 3.10. The van der Waals surface area contributed by atoms with Crippen LogP contribution in [0.1, 0.15) is 11.3 Å². The van der Waals surface area contributed by atoms with Crippen LogP contribution in [-0.2, 0) is 6.54 Å². The SMILES string of the molecule is Cc1ccc(CNc2nc(Cl)ncc2F)cn1. The first-order chi connectivity index (χ1) is 8.15. The average Bonchev–Trinajstić information content (AvgIpc) is 2.32. The maximum Gasteiger partial charge on any atom is 0.224 e. The number of aromatic nitrogens is 3. The molecule has 88 valence electrons. The lowest BCUT2D eigenvalue weighted by atomic mass is 10.2. The van der Waals surface area contributed by atoms with E-state index in [9.17, 15) is 4.39 Å². The minimum Gasteiger partial charge on any atom is -0.363 e. The summed E-state index contributed by atoms with van der Waals surface area (Å²) in [4.78, 5) is 11.4. The van der Waals surface area contributed by atoms with Gasteiger partial charge in [-0.1, -0.05) is 6.07 Å². The Kier molecular flexibility index (Phi) is 3.49. The highest BCUT2D eigenvalue weighted by molar-refractivity contribution is 6.28. The molecule has 0 fully saturated rings. The number of nitrogens with zero attached hydrogens (tertiary/aromatic N) is 3. The third-order valence-electron chi connectivity index (χ3n) is 2.15. The lowest BCUT2D eigenvalue weighted by Gasteiger charge is -2.06. The van der Waals surface area contributed by atoms with Gasteiger partial charge in [0.05, 0.1) is 6.20 Å². The maximum atomic E-state index is 13.3. The molecule has 17 heavy (non-hydrogen) atoms. The van der Waals surface area contributed by atoms with Crippen molar-refractivity contribution in [3.63, 3.8) is 0 Å². The summed E-state index contributed by atoms with van der Waals surface area (Å²) in [5, 5.41) is 2.85. The molecule has 0 atom stereocenters. The van der Waals surface area contributed by atoms with Gasteiger partial charge in [0.25, 0.3) is 0 Å². The van der Waals surface area contributed by atoms with Gasteiger partial charge in [-0.15, -0.1) is 0 Å². The van der Waals surface area contributed by atoms with Crippen molar-refractivity contribution in [2.24, 2.45) is 0 Å². The van der Waals surface area contributed by atoms with Crippen LogP contribution in [0, 0.1) is 12.7 Å². The Hall–Kier alpha value is -1.75. The number of anilines is 1. The predicted octanol–water partition coefficient (Wildman–Crippen LogP) is 2.58. The summed E-state index contributed by atoms with van der Waals surface area (Å²) in [5.41, 5.74) is 1.87. The fraction of sp³-hybridized carbons (Fsp3) is 0.182. The van der Waals surface area contributed by atoms with Crippen molar-refractivity contribution in [2.75, 3.05) is 5.32 Å². The topological polar surface area (TPSA) is 50.7 Å². The van der Waals surface area contributed by atoms with Crippen LogP contribution in [0.25, 0.3) is 0 Å². The Morgan fingerprint density at radius 1 is 1.29 bits per heavy atom. The molecule has 0 saturated carbocycles. The Labute approximate surface area is 103 Å². The normalized spacial score (nSPS) is 10.3. The number of hydrogen-bond donors (Lipinski definition) is 1. The molecular weight excluding hydrogens is 243 g/mol. The molecule has 0 bridgehead atoms. The minimum atomic E-state index is -0.533. The average molecular weight is 253 g/mol. The zero-order valence-corrected chi connectivity index (χ0v) is 9.87. The Morgan fingerprint density at radius 3 is 2.82 bits per heavy atom. The molecule has 0 aliphatic rings. The number of rotatable bonds is 3. The molecule has 0 saturated heterocycles. The first-order valence-electron chi connectivity index (χ1n) is 4.98. The van der Waals surface area contributed by atoms with Gasteiger partial charge in [-0.3, -0.25) is 4.98 Å². The molecule has 0 aromatic carbocycles. The molecule has 0 unspecified atom stereocenters. The van der Waals surface area contributed by atoms with Gasteiger partial charge in [0.1, 0.15) is 0 Å². The standard InChI is InChI=1S/C11H10ClFN4/c1-7-2-3-8(4-14-7)5-15-10-9(13)6-16-11(12)17-10/h2-4,6H,5H2,1H3,(H,15,16,17). The van der Waals surface area contributed by atoms with Crippen molar-refractivity contribution in [1.29, 1.82) is 0 Å². The van der Waals surface area contributed by atoms with Gasteiger partial charge in [0.15, 0.2) is 11.6 Å². The van der Waals surface area contributed by atoms with E-state index in [0.717, 1.165) is 17.5 Å². The largest absolute Gasteiger partial charge is 0.363 e. The number of aryl methyl sites for hydroxylation is 1. The summed E-state index contributed by atoms with van der Waals surface area (Å²) in [6, 6.07) is 3.80. The van der Waals surface area contributed by atoms with Crippen LogP contribution in [0.5, 0.6) is 0 Å². The van der Waals surface area contributed by atoms with E-state index in [4.69, 9.17) is 11.6 Å². The van der Waals surface area contributed by atoms with Crippen LogP contribution in [0.3, 0.4) is 0 Å². The molecule has 2 aromatic heterocycles. The number of pyridine rings is 1. The lowest BCUT2D eigenvalue weighted by Crippen LogP contribution is -2.05. The lowest BCUT2D eigenvalue weighted by molar-refractivity contribution is 0.616. The Balaban J connectivity index is 2.07. The number of hydrogen-bond acceptors (Lipinski definition) is 4. The van der Waals surface area contributed by atoms with Crippen molar-refractivity contribution in [3.05, 3.63) is 46.9 Å². The van der Waals surface area contributed by atoms with E-state index in [1.807, 2.05) is 19.1 Å². The predicted molar refractivity (Wildman–Crippen MR) is 63.3 cm³/mol. The minimum absolute atomic E-state index is 0.0101. The first kappa shape index (κ1) is 11.7. The monoisotopic (exact) mass is 252 g/mol. The molecule has 0 spiro atoms. The van der Waals surface area contributed by atoms with Gasteiger partial charge in [-0.25, -0.2) is 9.37 Å². The van der Waals surface area contributed by atoms with Crippen LogP contribution < -0.4 is 5.32 Å². The van der Waals surface area contributed by atoms with Gasteiger partial charge in [-0.2, -0.15) is 4.98 Å². The molecule has 4 nitrogen and oxygen atoms in total. The summed E-state index contributed by atoms with van der Waals surface area (Å²) < 4.78 is 13.3. The molecule has 0 radical (unpaired) electrons. The van der Waals surface area contributed by atoms with E-state index in [1.54, 1.807) is 6.20 Å². The van der Waals surface area contributed by atoms with Crippen LogP contribution in [0.2, 0.25) is 5.28 Å². The fourth-order valence-electron chi connectivity index (χ4n) is 1.26. The third-order valence-corrected chi connectivity index (χ3v) is 2.33. The van der Waals surface area contributed by atoms with Crippen molar-refractivity contribution in [3.8, 4) is 0 Å².